The Balaban J connectivity index is 3.08. The SMILES string of the molecule is CC(=O)NCc1cc(C(=O)O)cc([N+](=O)[O-])c1. The zero-order valence-electron chi connectivity index (χ0n) is 8.97. The molecule has 1 amide bonds. The number of carbonyl (C=O) groups is 2. The van der Waals surface area contributed by atoms with Crippen molar-refractivity contribution in [2.45, 2.75) is 13.5 Å². The molecule has 0 spiro atoms. The van der Waals surface area contributed by atoms with Crippen molar-refractivity contribution in [1.29, 1.82) is 0 Å². The Kier molecular flexibility index (Phi) is 3.76. The third-order valence-corrected chi connectivity index (χ3v) is 1.98. The van der Waals surface area contributed by atoms with Gasteiger partial charge in [0.15, 0.2) is 0 Å². The molecule has 0 radical (unpaired) electrons. The molecule has 0 fully saturated rings. The van der Waals surface area contributed by atoms with Gasteiger partial charge in [-0.15, -0.1) is 0 Å². The molecule has 0 heterocycles. The molecule has 0 aliphatic rings. The maximum Gasteiger partial charge on any atom is 0.335 e. The van der Waals surface area contributed by atoms with E-state index in [0.717, 1.165) is 6.07 Å². The molecule has 17 heavy (non-hydrogen) atoms. The molecule has 7 heteroatoms. The third kappa shape index (κ3) is 3.56. The van der Waals surface area contributed by atoms with Gasteiger partial charge in [0, 0.05) is 25.6 Å². The Bertz CT molecular complexity index is 451. The summed E-state index contributed by atoms with van der Waals surface area (Å²) in [5.74, 6) is -1.55. The number of hydrogen-bond donors (Lipinski definition) is 2. The minimum atomic E-state index is -1.25. The van der Waals surface area contributed by atoms with Gasteiger partial charge in [0.05, 0.1) is 10.5 Å². The Morgan fingerprint density at radius 1 is 1.41 bits per heavy atom. The van der Waals surface area contributed by atoms with Crippen molar-refractivity contribution in [1.82, 2.24) is 5.32 Å². The van der Waals surface area contributed by atoms with E-state index in [1.54, 1.807) is 0 Å². The first kappa shape index (κ1) is 12.6. The Morgan fingerprint density at radius 2 is 2.06 bits per heavy atom. The Hall–Kier alpha value is -2.44. The number of nitrogens with zero attached hydrogens (tertiary/aromatic N) is 1. The van der Waals surface area contributed by atoms with E-state index < -0.39 is 10.9 Å². The van der Waals surface area contributed by atoms with E-state index in [4.69, 9.17) is 5.11 Å². The first-order chi connectivity index (χ1) is 7.90. The van der Waals surface area contributed by atoms with E-state index in [2.05, 4.69) is 5.32 Å². The Labute approximate surface area is 96.2 Å². The van der Waals surface area contributed by atoms with Crippen LogP contribution < -0.4 is 5.32 Å². The van der Waals surface area contributed by atoms with Crippen LogP contribution in [0.25, 0.3) is 0 Å². The molecular formula is C10H10N2O5. The summed E-state index contributed by atoms with van der Waals surface area (Å²) < 4.78 is 0. The van der Waals surface area contributed by atoms with Gasteiger partial charge in [-0.3, -0.25) is 14.9 Å². The number of rotatable bonds is 4. The second-order valence-corrected chi connectivity index (χ2v) is 3.36. The number of hydrogen-bond acceptors (Lipinski definition) is 4. The lowest BCUT2D eigenvalue weighted by molar-refractivity contribution is -0.385. The lowest BCUT2D eigenvalue weighted by Gasteiger charge is -2.04. The number of nitrogens with one attached hydrogen (secondary N) is 1. The van der Waals surface area contributed by atoms with Gasteiger partial charge < -0.3 is 10.4 Å². The molecule has 0 saturated heterocycles. The standard InChI is InChI=1S/C10H10N2O5/c1-6(13)11-5-7-2-8(10(14)15)4-9(3-7)12(16)17/h2-4H,5H2,1H3,(H,11,13)(H,14,15). The zero-order chi connectivity index (χ0) is 13.0. The quantitative estimate of drug-likeness (QED) is 0.598. The summed E-state index contributed by atoms with van der Waals surface area (Å²) in [6, 6.07) is 3.48. The van der Waals surface area contributed by atoms with E-state index in [0.29, 0.717) is 5.56 Å². The molecule has 0 saturated carbocycles. The minimum Gasteiger partial charge on any atom is -0.478 e. The van der Waals surface area contributed by atoms with Crippen molar-refractivity contribution in [3.05, 3.63) is 39.4 Å². The first-order valence-electron chi connectivity index (χ1n) is 4.66. The van der Waals surface area contributed by atoms with Crippen LogP contribution in [0.5, 0.6) is 0 Å². The van der Waals surface area contributed by atoms with Crippen molar-refractivity contribution in [3.8, 4) is 0 Å². The monoisotopic (exact) mass is 238 g/mol. The molecule has 1 aromatic rings. The number of carboxylic acids is 1. The number of carboxylic acid groups (broad SMARTS) is 1. The molecule has 1 rings (SSSR count). The van der Waals surface area contributed by atoms with Crippen LogP contribution in [0.4, 0.5) is 5.69 Å². The summed E-state index contributed by atoms with van der Waals surface area (Å²) in [6.07, 6.45) is 0. The van der Waals surface area contributed by atoms with Crippen LogP contribution in [0.15, 0.2) is 18.2 Å². The molecule has 2 N–H and O–H groups in total. The number of amides is 1. The molecule has 0 atom stereocenters. The predicted molar refractivity (Wildman–Crippen MR) is 57.6 cm³/mol. The van der Waals surface area contributed by atoms with Gasteiger partial charge in [-0.25, -0.2) is 4.79 Å². The van der Waals surface area contributed by atoms with Gasteiger partial charge in [-0.05, 0) is 11.6 Å². The molecule has 0 aliphatic heterocycles. The first-order valence-corrected chi connectivity index (χ1v) is 4.66. The average molecular weight is 238 g/mol. The largest absolute Gasteiger partial charge is 0.478 e. The topological polar surface area (TPSA) is 110 Å². The summed E-state index contributed by atoms with van der Waals surface area (Å²) >= 11 is 0. The number of nitro groups is 1. The maximum atomic E-state index is 10.8. The van der Waals surface area contributed by atoms with E-state index in [1.165, 1.54) is 19.1 Å². The zero-order valence-corrected chi connectivity index (χ0v) is 8.97. The lowest BCUT2D eigenvalue weighted by atomic mass is 10.1. The highest BCUT2D eigenvalue weighted by Gasteiger charge is 2.13. The average Bonchev–Trinajstić information content (AvgIpc) is 2.25. The highest BCUT2D eigenvalue weighted by atomic mass is 16.6. The molecule has 0 unspecified atom stereocenters. The lowest BCUT2D eigenvalue weighted by Crippen LogP contribution is -2.19. The summed E-state index contributed by atoms with van der Waals surface area (Å²) in [5.41, 5.74) is -0.128. The van der Waals surface area contributed by atoms with Gasteiger partial charge in [-0.2, -0.15) is 0 Å². The van der Waals surface area contributed by atoms with Crippen molar-refractivity contribution in [2.75, 3.05) is 0 Å². The fraction of sp³-hybridized carbons (Fsp3) is 0.200. The number of non-ortho nitro benzene ring substituents is 1. The van der Waals surface area contributed by atoms with E-state index >= 15 is 0 Å². The van der Waals surface area contributed by atoms with Crippen molar-refractivity contribution in [3.63, 3.8) is 0 Å². The molecular weight excluding hydrogens is 228 g/mol. The van der Waals surface area contributed by atoms with Crippen molar-refractivity contribution < 1.29 is 19.6 Å². The van der Waals surface area contributed by atoms with Crippen LogP contribution in [-0.4, -0.2) is 21.9 Å². The van der Waals surface area contributed by atoms with Crippen molar-refractivity contribution in [2.24, 2.45) is 0 Å². The smallest absolute Gasteiger partial charge is 0.335 e. The maximum absolute atomic E-state index is 10.8. The van der Waals surface area contributed by atoms with E-state index in [9.17, 15) is 19.7 Å². The number of carbonyl (C=O) groups excluding carboxylic acids is 1. The van der Waals surface area contributed by atoms with Gasteiger partial charge in [0.1, 0.15) is 0 Å². The van der Waals surface area contributed by atoms with Gasteiger partial charge in [0.2, 0.25) is 5.91 Å². The molecule has 0 bridgehead atoms. The number of aromatic carboxylic acids is 1. The summed E-state index contributed by atoms with van der Waals surface area (Å²) in [4.78, 5) is 31.4. The van der Waals surface area contributed by atoms with Gasteiger partial charge in [0.25, 0.3) is 5.69 Å². The van der Waals surface area contributed by atoms with Crippen LogP contribution >= 0.6 is 0 Å². The van der Waals surface area contributed by atoms with Gasteiger partial charge in [-0.1, -0.05) is 0 Å². The fourth-order valence-electron chi connectivity index (χ4n) is 1.23. The normalized spacial score (nSPS) is 9.71. The fourth-order valence-corrected chi connectivity index (χ4v) is 1.23. The third-order valence-electron chi connectivity index (χ3n) is 1.98. The van der Waals surface area contributed by atoms with Crippen LogP contribution in [0.1, 0.15) is 22.8 Å². The van der Waals surface area contributed by atoms with Crippen LogP contribution in [0.2, 0.25) is 0 Å². The second kappa shape index (κ2) is 5.06. The number of nitro benzene ring substituents is 1. The molecule has 0 aliphatic carbocycles. The van der Waals surface area contributed by atoms with E-state index in [1.807, 2.05) is 0 Å². The van der Waals surface area contributed by atoms with Crippen LogP contribution in [0, 0.1) is 10.1 Å². The second-order valence-electron chi connectivity index (χ2n) is 3.36. The highest BCUT2D eigenvalue weighted by Crippen LogP contribution is 2.17. The highest BCUT2D eigenvalue weighted by molar-refractivity contribution is 5.88. The molecule has 1 aromatic carbocycles. The molecule has 7 nitrogen and oxygen atoms in total. The number of benzene rings is 1. The predicted octanol–water partition coefficient (Wildman–Crippen LogP) is 0.929. The Morgan fingerprint density at radius 3 is 2.53 bits per heavy atom. The minimum absolute atomic E-state index is 0.0529. The van der Waals surface area contributed by atoms with E-state index in [-0.39, 0.29) is 23.7 Å². The van der Waals surface area contributed by atoms with Crippen LogP contribution in [-0.2, 0) is 11.3 Å². The summed E-state index contributed by atoms with van der Waals surface area (Å²) in [6.45, 7) is 1.35. The van der Waals surface area contributed by atoms with Gasteiger partial charge >= 0.3 is 5.97 Å². The molecule has 0 aromatic heterocycles. The summed E-state index contributed by atoms with van der Waals surface area (Å²) in [7, 11) is 0. The van der Waals surface area contributed by atoms with Crippen molar-refractivity contribution >= 4 is 17.6 Å². The van der Waals surface area contributed by atoms with Crippen LogP contribution in [0.3, 0.4) is 0 Å². The molecule has 90 valence electrons. The summed E-state index contributed by atoms with van der Waals surface area (Å²) in [5, 5.41) is 21.8.